The van der Waals surface area contributed by atoms with E-state index in [1.807, 2.05) is 30.3 Å². The molecule has 0 radical (unpaired) electrons. The van der Waals surface area contributed by atoms with Crippen molar-refractivity contribution in [2.45, 2.75) is 44.2 Å². The Bertz CT molecular complexity index is 2490. The Morgan fingerprint density at radius 3 is 1.41 bits per heavy atom. The highest BCUT2D eigenvalue weighted by Gasteiger charge is 2.45. The number of methoxy groups -OCH3 is 11. The minimum atomic E-state index is -0.639. The summed E-state index contributed by atoms with van der Waals surface area (Å²) >= 11 is 0. The summed E-state index contributed by atoms with van der Waals surface area (Å²) in [4.78, 5) is 25.9. The van der Waals surface area contributed by atoms with E-state index in [1.54, 1.807) is 78.2 Å². The first-order chi connectivity index (χ1) is 34.2. The first kappa shape index (κ1) is 53.6. The summed E-state index contributed by atoms with van der Waals surface area (Å²) in [6.07, 6.45) is 5.53. The van der Waals surface area contributed by atoms with Crippen molar-refractivity contribution in [2.24, 2.45) is 0 Å². The molecule has 17 heteroatoms. The van der Waals surface area contributed by atoms with Gasteiger partial charge in [-0.1, -0.05) is 0 Å². The summed E-state index contributed by atoms with van der Waals surface area (Å²) in [7, 11) is 22.0. The van der Waals surface area contributed by atoms with E-state index < -0.39 is 11.9 Å². The van der Waals surface area contributed by atoms with Gasteiger partial charge in [0.2, 0.25) is 17.2 Å². The van der Waals surface area contributed by atoms with E-state index in [9.17, 15) is 9.59 Å². The van der Waals surface area contributed by atoms with Crippen molar-refractivity contribution in [3.8, 4) is 63.2 Å². The van der Waals surface area contributed by atoms with E-state index in [-0.39, 0.29) is 25.3 Å². The van der Waals surface area contributed by atoms with Gasteiger partial charge in [-0.2, -0.15) is 0 Å². The van der Waals surface area contributed by atoms with Crippen LogP contribution in [0.5, 0.6) is 63.2 Å². The monoisotopic (exact) mass is 988 g/mol. The molecule has 0 bridgehead atoms. The summed E-state index contributed by atoms with van der Waals surface area (Å²) in [5.41, 5.74) is 6.26. The molecule has 0 aliphatic carbocycles. The average molecular weight is 989 g/mol. The summed E-state index contributed by atoms with van der Waals surface area (Å²) in [6.45, 7) is 3.20. The van der Waals surface area contributed by atoms with Crippen molar-refractivity contribution in [3.05, 3.63) is 88.0 Å². The van der Waals surface area contributed by atoms with Gasteiger partial charge in [0.25, 0.3) is 0 Å². The molecule has 386 valence electrons. The lowest BCUT2D eigenvalue weighted by Crippen LogP contribution is -2.52. The maximum Gasteiger partial charge on any atom is 0.331 e. The van der Waals surface area contributed by atoms with E-state index in [4.69, 9.17) is 61.6 Å². The lowest BCUT2D eigenvalue weighted by molar-refractivity contribution is -0.941. The Kier molecular flexibility index (Phi) is 18.1. The fraction of sp³-hybridized carbons (Fsp3) is 0.481. The molecular weight excluding hydrogens is 917 g/mol. The highest BCUT2D eigenvalue weighted by Crippen LogP contribution is 2.53. The minimum absolute atomic E-state index is 0.00199. The molecule has 4 atom stereocenters. The van der Waals surface area contributed by atoms with Gasteiger partial charge in [0.15, 0.2) is 46.0 Å². The third-order valence-electron chi connectivity index (χ3n) is 14.0. The number of likely N-dealkylation sites (N-methyl/N-ethyl adjacent to an activating group) is 2. The topological polar surface area (TPSA) is 154 Å². The summed E-state index contributed by atoms with van der Waals surface area (Å²) in [5.74, 6) is 4.91. The third-order valence-corrected chi connectivity index (χ3v) is 14.0. The summed E-state index contributed by atoms with van der Waals surface area (Å²) in [6, 6.07) is 13.7. The van der Waals surface area contributed by atoms with Gasteiger partial charge in [-0.15, -0.1) is 0 Å². The second-order valence-electron chi connectivity index (χ2n) is 18.0. The molecule has 0 saturated carbocycles. The molecule has 4 aromatic carbocycles. The van der Waals surface area contributed by atoms with Gasteiger partial charge in [0.05, 0.1) is 137 Å². The molecule has 2 aliphatic rings. The number of benzene rings is 4. The van der Waals surface area contributed by atoms with Crippen molar-refractivity contribution in [3.63, 3.8) is 0 Å². The van der Waals surface area contributed by atoms with E-state index in [0.717, 1.165) is 65.9 Å². The van der Waals surface area contributed by atoms with Crippen molar-refractivity contribution >= 4 is 11.9 Å². The summed E-state index contributed by atoms with van der Waals surface area (Å²) < 4.78 is 75.7. The van der Waals surface area contributed by atoms with Crippen molar-refractivity contribution in [2.75, 3.05) is 132 Å². The molecule has 6 rings (SSSR count). The molecule has 0 saturated heterocycles. The summed E-state index contributed by atoms with van der Waals surface area (Å²) in [5, 5.41) is 0. The van der Waals surface area contributed by atoms with Crippen LogP contribution in [-0.4, -0.2) is 153 Å². The Morgan fingerprint density at radius 2 is 0.915 bits per heavy atom. The minimum Gasteiger partial charge on any atom is -0.493 e. The molecule has 0 amide bonds. The van der Waals surface area contributed by atoms with Gasteiger partial charge in [0.1, 0.15) is 12.1 Å². The number of rotatable bonds is 24. The number of carbonyl (C=O) groups excluding carboxylic acids is 2. The number of carbonyl (C=O) groups is 2. The Morgan fingerprint density at radius 1 is 0.493 bits per heavy atom. The maximum atomic E-state index is 13.0. The van der Waals surface area contributed by atoms with Crippen LogP contribution >= 0.6 is 0 Å². The standard InChI is InChI=1S/C54H72N2O15/c1-55(22-18-35-29-40(59-3)41(60-4)33-38(35)39(55)26-34-27-42(61-5)51(66-10)43(28-34)62-6)20-14-24-70-47(57)16-17-48(58)71-25-15-21-56(2)23-19-36-30-46(65-9)53(68-12)54(69-13)49(36)50(56)37-31-44(63-7)52(67-11)45(32-37)64-8/h16-17,27-33,39,50H,14-15,18-26H2,1-13H3/q+2/b17-16+. The highest BCUT2D eigenvalue weighted by molar-refractivity contribution is 5.91. The Balaban J connectivity index is 1.10. The second kappa shape index (κ2) is 23.9. The van der Waals surface area contributed by atoms with E-state index in [2.05, 4.69) is 26.2 Å². The van der Waals surface area contributed by atoms with E-state index in [1.165, 1.54) is 5.56 Å². The molecule has 2 heterocycles. The van der Waals surface area contributed by atoms with Crippen LogP contribution in [0, 0.1) is 0 Å². The van der Waals surface area contributed by atoms with Gasteiger partial charge in [-0.05, 0) is 59.2 Å². The molecule has 0 spiro atoms. The number of hydrogen-bond acceptors (Lipinski definition) is 15. The van der Waals surface area contributed by atoms with Crippen LogP contribution < -0.4 is 52.1 Å². The number of quaternary nitrogens is 2. The van der Waals surface area contributed by atoms with Crippen molar-refractivity contribution in [1.29, 1.82) is 0 Å². The van der Waals surface area contributed by atoms with Gasteiger partial charge < -0.3 is 70.5 Å². The first-order valence-corrected chi connectivity index (χ1v) is 23.6. The van der Waals surface area contributed by atoms with Crippen LogP contribution in [0.1, 0.15) is 58.3 Å². The number of fused-ring (bicyclic) bond motifs is 2. The van der Waals surface area contributed by atoms with Crippen LogP contribution in [0.3, 0.4) is 0 Å². The fourth-order valence-corrected chi connectivity index (χ4v) is 10.4. The van der Waals surface area contributed by atoms with Gasteiger partial charge in [-0.25, -0.2) is 9.59 Å². The largest absolute Gasteiger partial charge is 0.493 e. The fourth-order valence-electron chi connectivity index (χ4n) is 10.4. The van der Waals surface area contributed by atoms with Crippen LogP contribution in [0.2, 0.25) is 0 Å². The molecule has 0 fully saturated rings. The number of ether oxygens (including phenoxy) is 13. The molecule has 0 aromatic heterocycles. The Hall–Kier alpha value is -6.72. The number of hydrogen-bond donors (Lipinski definition) is 0. The molecular formula is C54H72N2O15+2. The SMILES string of the molecule is COc1cc2c(cc1OC)C(Cc1cc(OC)c(OC)c(OC)c1)[N+](C)(CCCOC(=O)/C=C/C(=O)OCCC[N+]1(C)CCc3cc(OC)c(OC)c(OC)c3C1c1cc(OC)c(OC)c(OC)c1)CC2. The zero-order chi connectivity index (χ0) is 51.5. The van der Waals surface area contributed by atoms with Gasteiger partial charge in [-0.3, -0.25) is 0 Å². The molecule has 71 heavy (non-hydrogen) atoms. The maximum absolute atomic E-state index is 13.0. The molecule has 0 N–H and O–H groups in total. The molecule has 2 aliphatic heterocycles. The first-order valence-electron chi connectivity index (χ1n) is 23.6. The van der Waals surface area contributed by atoms with Crippen LogP contribution in [0.25, 0.3) is 0 Å². The van der Waals surface area contributed by atoms with E-state index >= 15 is 0 Å². The smallest absolute Gasteiger partial charge is 0.331 e. The predicted octanol–water partition coefficient (Wildman–Crippen LogP) is 7.28. The van der Waals surface area contributed by atoms with Gasteiger partial charge in [0, 0.05) is 55.4 Å². The normalized spacial score (nSPS) is 19.1. The highest BCUT2D eigenvalue weighted by atomic mass is 16.6. The van der Waals surface area contributed by atoms with Gasteiger partial charge >= 0.3 is 11.9 Å². The second-order valence-corrected chi connectivity index (χ2v) is 18.0. The van der Waals surface area contributed by atoms with Crippen LogP contribution in [0.4, 0.5) is 0 Å². The average Bonchev–Trinajstić information content (AvgIpc) is 3.39. The zero-order valence-corrected chi connectivity index (χ0v) is 43.6. The predicted molar refractivity (Wildman–Crippen MR) is 266 cm³/mol. The number of esters is 2. The lowest BCUT2D eigenvalue weighted by atomic mass is 9.84. The van der Waals surface area contributed by atoms with E-state index in [0.29, 0.717) is 105 Å². The quantitative estimate of drug-likeness (QED) is 0.0299. The number of nitrogens with zero attached hydrogens (tertiary/aromatic N) is 2. The third kappa shape index (κ3) is 11.4. The Labute approximate surface area is 418 Å². The lowest BCUT2D eigenvalue weighted by Gasteiger charge is -2.46. The molecule has 17 nitrogen and oxygen atoms in total. The van der Waals surface area contributed by atoms with Crippen molar-refractivity contribution in [1.82, 2.24) is 0 Å². The molecule has 4 aromatic rings. The zero-order valence-electron chi connectivity index (χ0n) is 43.6. The van der Waals surface area contributed by atoms with Crippen molar-refractivity contribution < 1.29 is 80.1 Å². The van der Waals surface area contributed by atoms with Crippen LogP contribution in [-0.2, 0) is 38.3 Å². The molecule has 4 unspecified atom stereocenters. The van der Waals surface area contributed by atoms with Crippen LogP contribution in [0.15, 0.2) is 54.6 Å².